The van der Waals surface area contributed by atoms with Crippen LogP contribution in [-0.4, -0.2) is 68.3 Å². The van der Waals surface area contributed by atoms with Crippen molar-refractivity contribution in [1.82, 2.24) is 10.2 Å². The van der Waals surface area contributed by atoms with Crippen molar-refractivity contribution in [3.05, 3.63) is 36.4 Å². The van der Waals surface area contributed by atoms with E-state index in [0.29, 0.717) is 13.1 Å². The molecule has 0 saturated carbocycles. The summed E-state index contributed by atoms with van der Waals surface area (Å²) in [6.45, 7) is 8.29. The van der Waals surface area contributed by atoms with Gasteiger partial charge in [0, 0.05) is 12.2 Å². The number of carbonyl (C=O) groups excluding carboxylic acids is 2. The van der Waals surface area contributed by atoms with Crippen molar-refractivity contribution >= 4 is 17.5 Å². The van der Waals surface area contributed by atoms with Gasteiger partial charge < -0.3 is 24.6 Å². The first kappa shape index (κ1) is 20.9. The number of hydrogen-bond acceptors (Lipinski definition) is 5. The number of fused-ring (bicyclic) bond motifs is 1. The molecule has 3 aliphatic heterocycles. The zero-order valence-corrected chi connectivity index (χ0v) is 18.0. The lowest BCUT2D eigenvalue weighted by atomic mass is 9.77. The molecule has 30 heavy (non-hydrogen) atoms. The summed E-state index contributed by atoms with van der Waals surface area (Å²) in [6.07, 6.45) is 4.50. The lowest BCUT2D eigenvalue weighted by Crippen LogP contribution is -2.44. The van der Waals surface area contributed by atoms with Crippen LogP contribution in [0.1, 0.15) is 20.3 Å². The quantitative estimate of drug-likeness (QED) is 0.494. The maximum Gasteiger partial charge on any atom is 0.234 e. The first-order valence-electron chi connectivity index (χ1n) is 10.9. The van der Waals surface area contributed by atoms with Gasteiger partial charge in [-0.1, -0.05) is 26.0 Å². The van der Waals surface area contributed by atoms with Crippen molar-refractivity contribution in [3.63, 3.8) is 0 Å². The van der Waals surface area contributed by atoms with Crippen LogP contribution in [0, 0.1) is 11.8 Å². The van der Waals surface area contributed by atoms with Crippen LogP contribution in [0.15, 0.2) is 36.4 Å². The fourth-order valence-electron chi connectivity index (χ4n) is 4.95. The highest BCUT2D eigenvalue weighted by Crippen LogP contribution is 2.52. The number of rotatable bonds is 9. The van der Waals surface area contributed by atoms with Crippen LogP contribution >= 0.6 is 0 Å². The first-order chi connectivity index (χ1) is 14.5. The minimum Gasteiger partial charge on any atom is -0.497 e. The van der Waals surface area contributed by atoms with Crippen molar-refractivity contribution in [3.8, 4) is 5.75 Å². The Morgan fingerprint density at radius 1 is 1.30 bits per heavy atom. The van der Waals surface area contributed by atoms with Crippen LogP contribution in [0.25, 0.3) is 0 Å². The summed E-state index contributed by atoms with van der Waals surface area (Å²) < 4.78 is 11.4. The van der Waals surface area contributed by atoms with Gasteiger partial charge in [0.15, 0.2) is 0 Å². The maximum atomic E-state index is 13.3. The number of benzene rings is 1. The summed E-state index contributed by atoms with van der Waals surface area (Å²) in [6, 6.07) is 7.41. The van der Waals surface area contributed by atoms with Crippen molar-refractivity contribution in [2.24, 2.45) is 11.8 Å². The Morgan fingerprint density at radius 2 is 2.03 bits per heavy atom. The molecule has 1 N–H and O–H groups in total. The second-order valence-corrected chi connectivity index (χ2v) is 8.19. The van der Waals surface area contributed by atoms with Crippen LogP contribution in [-0.2, 0) is 14.3 Å². The molecule has 2 bridgehead atoms. The average molecular weight is 414 g/mol. The van der Waals surface area contributed by atoms with E-state index in [-0.39, 0.29) is 17.9 Å². The number of anilines is 1. The van der Waals surface area contributed by atoms with Gasteiger partial charge in [0.25, 0.3) is 0 Å². The van der Waals surface area contributed by atoms with Gasteiger partial charge in [-0.25, -0.2) is 0 Å². The van der Waals surface area contributed by atoms with Gasteiger partial charge >= 0.3 is 0 Å². The van der Waals surface area contributed by atoms with E-state index in [2.05, 4.69) is 24.1 Å². The van der Waals surface area contributed by atoms with Gasteiger partial charge in [-0.2, -0.15) is 0 Å². The number of amides is 2. The van der Waals surface area contributed by atoms with Crippen LogP contribution in [0.5, 0.6) is 5.75 Å². The summed E-state index contributed by atoms with van der Waals surface area (Å²) in [5.74, 6) is -0.338. The van der Waals surface area contributed by atoms with E-state index in [4.69, 9.17) is 9.47 Å². The number of hydrogen-bond donors (Lipinski definition) is 1. The highest BCUT2D eigenvalue weighted by atomic mass is 16.5. The molecule has 4 rings (SSSR count). The minimum atomic E-state index is -0.703. The van der Waals surface area contributed by atoms with Crippen LogP contribution in [0.2, 0.25) is 0 Å². The molecule has 1 unspecified atom stereocenters. The van der Waals surface area contributed by atoms with E-state index in [0.717, 1.165) is 37.5 Å². The van der Waals surface area contributed by atoms with E-state index < -0.39 is 17.4 Å². The van der Waals surface area contributed by atoms with Gasteiger partial charge in [-0.15, -0.1) is 0 Å². The highest BCUT2D eigenvalue weighted by Gasteiger charge is 2.67. The molecule has 3 heterocycles. The van der Waals surface area contributed by atoms with E-state index in [1.165, 1.54) is 0 Å². The largest absolute Gasteiger partial charge is 0.497 e. The molecular weight excluding hydrogens is 382 g/mol. The lowest BCUT2D eigenvalue weighted by Gasteiger charge is -2.24. The molecule has 7 heteroatoms. The Balaban J connectivity index is 1.43. The summed E-state index contributed by atoms with van der Waals surface area (Å²) in [4.78, 5) is 30.4. The molecule has 2 fully saturated rings. The third kappa shape index (κ3) is 3.50. The summed E-state index contributed by atoms with van der Waals surface area (Å²) in [5, 5.41) is 3.05. The number of ether oxygens (including phenoxy) is 2. The fraction of sp³-hybridized carbons (Fsp3) is 0.565. The summed E-state index contributed by atoms with van der Waals surface area (Å²) in [7, 11) is 1.61. The Bertz CT molecular complexity index is 820. The van der Waals surface area contributed by atoms with Crippen molar-refractivity contribution in [2.75, 3.05) is 44.7 Å². The van der Waals surface area contributed by atoms with Crippen molar-refractivity contribution < 1.29 is 19.1 Å². The SMILES string of the molecule is CCN(CC)CCCNC(=O)C1[C@@H]2C=C[C@]3(CN(c4ccc(OC)cc4)C(=O)[C@H]13)O2. The first-order valence-corrected chi connectivity index (χ1v) is 10.9. The predicted molar refractivity (Wildman–Crippen MR) is 114 cm³/mol. The third-order valence-electron chi connectivity index (χ3n) is 6.63. The zero-order valence-electron chi connectivity index (χ0n) is 18.0. The standard InChI is InChI=1S/C23H31N3O4/c1-4-25(5-2)14-6-13-24-21(27)19-18-11-12-23(30-18)15-26(22(28)20(19)23)16-7-9-17(29-3)10-8-16/h7-12,18-20H,4-6,13-15H2,1-3H3,(H,24,27)/t18-,19?,20-,23+/m0/s1. The summed E-state index contributed by atoms with van der Waals surface area (Å²) >= 11 is 0. The molecule has 2 saturated heterocycles. The molecule has 2 amide bonds. The lowest BCUT2D eigenvalue weighted by molar-refractivity contribution is -0.131. The van der Waals surface area contributed by atoms with Gasteiger partial charge in [-0.3, -0.25) is 9.59 Å². The van der Waals surface area contributed by atoms with E-state index in [9.17, 15) is 9.59 Å². The van der Waals surface area contributed by atoms with E-state index in [1.54, 1.807) is 12.0 Å². The molecule has 7 nitrogen and oxygen atoms in total. The van der Waals surface area contributed by atoms with Gasteiger partial charge in [0.1, 0.15) is 11.4 Å². The molecule has 1 aromatic rings. The van der Waals surface area contributed by atoms with E-state index in [1.807, 2.05) is 36.4 Å². The second kappa shape index (κ2) is 8.40. The van der Waals surface area contributed by atoms with Crippen LogP contribution < -0.4 is 15.0 Å². The van der Waals surface area contributed by atoms with E-state index >= 15 is 0 Å². The van der Waals surface area contributed by atoms with Crippen LogP contribution in [0.4, 0.5) is 5.69 Å². The number of nitrogens with zero attached hydrogens (tertiary/aromatic N) is 2. The maximum absolute atomic E-state index is 13.3. The van der Waals surface area contributed by atoms with Crippen molar-refractivity contribution in [1.29, 1.82) is 0 Å². The van der Waals surface area contributed by atoms with Crippen LogP contribution in [0.3, 0.4) is 0 Å². The Morgan fingerprint density at radius 3 is 2.70 bits per heavy atom. The molecule has 0 aliphatic carbocycles. The Labute approximate surface area is 178 Å². The topological polar surface area (TPSA) is 71.1 Å². The number of methoxy groups -OCH3 is 1. The monoisotopic (exact) mass is 413 g/mol. The molecule has 162 valence electrons. The molecule has 1 aromatic carbocycles. The van der Waals surface area contributed by atoms with Gasteiger partial charge in [0.2, 0.25) is 11.8 Å². The normalized spacial score (nSPS) is 29.0. The Kier molecular flexibility index (Phi) is 5.84. The average Bonchev–Trinajstić information content (AvgIpc) is 3.42. The number of nitrogens with one attached hydrogen (secondary N) is 1. The second-order valence-electron chi connectivity index (χ2n) is 8.19. The molecule has 4 atom stereocenters. The molecule has 3 aliphatic rings. The zero-order chi connectivity index (χ0) is 21.3. The minimum absolute atomic E-state index is 0.0460. The molecular formula is C23H31N3O4. The molecule has 1 spiro atoms. The number of carbonyl (C=O) groups is 2. The summed E-state index contributed by atoms with van der Waals surface area (Å²) in [5.41, 5.74) is 0.0914. The van der Waals surface area contributed by atoms with Gasteiger partial charge in [-0.05, 0) is 50.3 Å². The fourth-order valence-corrected chi connectivity index (χ4v) is 4.95. The molecule has 0 aromatic heterocycles. The van der Waals surface area contributed by atoms with Crippen molar-refractivity contribution in [2.45, 2.75) is 32.0 Å². The third-order valence-corrected chi connectivity index (χ3v) is 6.63. The highest BCUT2D eigenvalue weighted by molar-refractivity contribution is 6.03. The van der Waals surface area contributed by atoms with Gasteiger partial charge in [0.05, 0.1) is 31.6 Å². The Hall–Kier alpha value is -2.38. The predicted octanol–water partition coefficient (Wildman–Crippen LogP) is 1.83. The molecule has 0 radical (unpaired) electrons. The smallest absolute Gasteiger partial charge is 0.234 e.